The van der Waals surface area contributed by atoms with Crippen LogP contribution in [0.3, 0.4) is 0 Å². The van der Waals surface area contributed by atoms with Gasteiger partial charge in [-0.05, 0) is 43.9 Å². The topological polar surface area (TPSA) is 145 Å². The predicted molar refractivity (Wildman–Crippen MR) is 142 cm³/mol. The van der Waals surface area contributed by atoms with E-state index >= 15 is 0 Å². The van der Waals surface area contributed by atoms with Crippen LogP contribution in [0.5, 0.6) is 5.75 Å². The van der Waals surface area contributed by atoms with E-state index in [-0.39, 0.29) is 38.2 Å². The maximum Gasteiger partial charge on any atom is 0.312 e. The molecule has 3 rings (SSSR count). The quantitative estimate of drug-likeness (QED) is 0.244. The van der Waals surface area contributed by atoms with Gasteiger partial charge in [0.1, 0.15) is 11.6 Å². The summed E-state index contributed by atoms with van der Waals surface area (Å²) in [5.74, 6) is -3.48. The van der Waals surface area contributed by atoms with Gasteiger partial charge in [-0.2, -0.15) is 8.42 Å². The summed E-state index contributed by atoms with van der Waals surface area (Å²) in [5, 5.41) is 0. The summed E-state index contributed by atoms with van der Waals surface area (Å²) in [6.07, 6.45) is 0.820. The number of hydrogen-bond acceptors (Lipinski definition) is 9. The van der Waals surface area contributed by atoms with E-state index in [9.17, 15) is 32.0 Å². The highest BCUT2D eigenvalue weighted by Crippen LogP contribution is 2.31. The molecule has 0 bridgehead atoms. The third kappa shape index (κ3) is 7.10. The van der Waals surface area contributed by atoms with E-state index < -0.39 is 62.7 Å². The van der Waals surface area contributed by atoms with Gasteiger partial charge in [0.15, 0.2) is 11.5 Å². The summed E-state index contributed by atoms with van der Waals surface area (Å²) < 4.78 is 49.1. The first-order valence-corrected chi connectivity index (χ1v) is 14.5. The van der Waals surface area contributed by atoms with Crippen molar-refractivity contribution >= 4 is 27.7 Å². The Bertz CT molecular complexity index is 1440. The Balaban J connectivity index is 2.18. The maximum absolute atomic E-state index is 13.7. The molecule has 0 N–H and O–H groups in total. The smallest absolute Gasteiger partial charge is 0.312 e. The van der Waals surface area contributed by atoms with Gasteiger partial charge in [-0.3, -0.25) is 23.7 Å². The molecule has 0 saturated heterocycles. The zero-order valence-electron chi connectivity index (χ0n) is 23.0. The third-order valence-electron chi connectivity index (χ3n) is 6.56. The summed E-state index contributed by atoms with van der Waals surface area (Å²) >= 11 is 0. The van der Waals surface area contributed by atoms with E-state index in [4.69, 9.17) is 8.92 Å². The Labute approximate surface area is 231 Å². The molecule has 0 radical (unpaired) electrons. The number of fused-ring (bicyclic) bond motifs is 1. The van der Waals surface area contributed by atoms with Crippen LogP contribution in [-0.2, 0) is 37.4 Å². The number of amides is 2. The van der Waals surface area contributed by atoms with E-state index in [0.717, 1.165) is 15.7 Å². The van der Waals surface area contributed by atoms with Crippen molar-refractivity contribution in [3.05, 3.63) is 57.5 Å². The number of aryl methyl sites for hydroxylation is 1. The van der Waals surface area contributed by atoms with Gasteiger partial charge in [0.25, 0.3) is 5.56 Å². The highest BCUT2D eigenvalue weighted by Gasteiger charge is 2.37. The van der Waals surface area contributed by atoms with Crippen molar-refractivity contribution in [2.24, 2.45) is 0 Å². The van der Waals surface area contributed by atoms with E-state index in [1.807, 2.05) is 0 Å². The minimum absolute atomic E-state index is 0.0114. The average molecular weight is 581 g/mol. The van der Waals surface area contributed by atoms with Crippen molar-refractivity contribution < 1.29 is 36.1 Å². The Morgan fingerprint density at radius 2 is 1.77 bits per heavy atom. The Morgan fingerprint density at radius 1 is 1.12 bits per heavy atom. The SMILES string of the molecule is CCN(C(=O)C(=O)N(C)C)C1CC[C@H](OC)Cn2c1nc(C(=O)CCc1ccc(F)cc1)c(OS(C)(=O)=O)c2=O. The molecule has 218 valence electrons. The first kappa shape index (κ1) is 30.9. The van der Waals surface area contributed by atoms with E-state index in [1.54, 1.807) is 6.92 Å². The van der Waals surface area contributed by atoms with Crippen LogP contribution in [0.2, 0.25) is 0 Å². The van der Waals surface area contributed by atoms with Crippen LogP contribution in [0.25, 0.3) is 0 Å². The molecule has 2 aromatic rings. The fourth-order valence-corrected chi connectivity index (χ4v) is 4.96. The average Bonchev–Trinajstić information content (AvgIpc) is 3.08. The number of halogens is 1. The molecule has 2 atom stereocenters. The number of benzene rings is 1. The van der Waals surface area contributed by atoms with Crippen molar-refractivity contribution in [2.45, 2.75) is 51.3 Å². The third-order valence-corrected chi connectivity index (χ3v) is 7.03. The molecule has 1 aromatic heterocycles. The molecule has 0 fully saturated rings. The lowest BCUT2D eigenvalue weighted by atomic mass is 10.0. The lowest BCUT2D eigenvalue weighted by Gasteiger charge is -2.31. The summed E-state index contributed by atoms with van der Waals surface area (Å²) in [4.78, 5) is 59.6. The second kappa shape index (κ2) is 12.7. The van der Waals surface area contributed by atoms with Crippen LogP contribution in [-0.4, -0.2) is 85.5 Å². The highest BCUT2D eigenvalue weighted by molar-refractivity contribution is 7.86. The lowest BCUT2D eigenvalue weighted by Crippen LogP contribution is -2.45. The van der Waals surface area contributed by atoms with Gasteiger partial charge in [-0.15, -0.1) is 0 Å². The van der Waals surface area contributed by atoms with Crippen LogP contribution in [0, 0.1) is 5.82 Å². The molecule has 14 heteroatoms. The van der Waals surface area contributed by atoms with Crippen molar-refractivity contribution in [3.63, 3.8) is 0 Å². The molecular weight excluding hydrogens is 547 g/mol. The number of ketones is 1. The van der Waals surface area contributed by atoms with Gasteiger partial charge in [0, 0.05) is 34.2 Å². The molecule has 1 aliphatic heterocycles. The van der Waals surface area contributed by atoms with Crippen LogP contribution in [0.4, 0.5) is 4.39 Å². The maximum atomic E-state index is 13.7. The predicted octanol–water partition coefficient (Wildman–Crippen LogP) is 1.32. The Hall–Kier alpha value is -3.65. The normalized spacial score (nSPS) is 16.9. The summed E-state index contributed by atoms with van der Waals surface area (Å²) in [5.41, 5.74) is -0.804. The van der Waals surface area contributed by atoms with Crippen molar-refractivity contribution in [1.29, 1.82) is 0 Å². The van der Waals surface area contributed by atoms with E-state index in [2.05, 4.69) is 4.98 Å². The molecule has 12 nitrogen and oxygen atoms in total. The van der Waals surface area contributed by atoms with Gasteiger partial charge in [-0.1, -0.05) is 12.1 Å². The number of carbonyl (C=O) groups excluding carboxylic acids is 3. The lowest BCUT2D eigenvalue weighted by molar-refractivity contribution is -0.152. The van der Waals surface area contributed by atoms with Crippen LogP contribution in [0.15, 0.2) is 29.1 Å². The molecule has 0 aliphatic carbocycles. The standard InChI is InChI=1S/C26H33FN4O8S/c1-6-30(26(35)25(34)29(2)3)19-13-12-18(38-4)15-31-23(19)28-21(22(24(31)33)39-40(5,36)37)20(32)14-9-16-7-10-17(27)11-8-16/h7-8,10-11,18-19H,6,9,12-15H2,1-5H3/t18-,19?/m0/s1. The van der Waals surface area contributed by atoms with Gasteiger partial charge in [0.2, 0.25) is 5.75 Å². The number of ether oxygens (including phenoxy) is 1. The molecule has 0 saturated carbocycles. The monoisotopic (exact) mass is 580 g/mol. The zero-order valence-corrected chi connectivity index (χ0v) is 23.9. The fraction of sp³-hybridized carbons (Fsp3) is 0.500. The minimum atomic E-state index is -4.24. The number of hydrogen-bond donors (Lipinski definition) is 0. The molecule has 2 heterocycles. The first-order chi connectivity index (χ1) is 18.8. The molecule has 1 unspecified atom stereocenters. The number of nitrogens with zero attached hydrogens (tertiary/aromatic N) is 4. The van der Waals surface area contributed by atoms with Crippen LogP contribution in [0.1, 0.15) is 54.1 Å². The number of aromatic nitrogens is 2. The number of carbonyl (C=O) groups is 3. The Kier molecular flexibility index (Phi) is 9.79. The second-order valence-corrected chi connectivity index (χ2v) is 11.2. The van der Waals surface area contributed by atoms with Crippen molar-refractivity contribution in [2.75, 3.05) is 34.0 Å². The minimum Gasteiger partial charge on any atom is -0.380 e. The molecule has 1 aromatic carbocycles. The van der Waals surface area contributed by atoms with E-state index in [1.165, 1.54) is 50.4 Å². The summed E-state index contributed by atoms with van der Waals surface area (Å²) in [7, 11) is 0.0750. The Morgan fingerprint density at radius 3 is 2.33 bits per heavy atom. The molecule has 2 amide bonds. The van der Waals surface area contributed by atoms with Crippen LogP contribution < -0.4 is 9.74 Å². The second-order valence-electron chi connectivity index (χ2n) is 9.64. The largest absolute Gasteiger partial charge is 0.380 e. The number of methoxy groups -OCH3 is 1. The van der Waals surface area contributed by atoms with Crippen LogP contribution >= 0.6 is 0 Å². The molecular formula is C26H33FN4O8S. The van der Waals surface area contributed by atoms with Gasteiger partial charge in [-0.25, -0.2) is 9.37 Å². The zero-order chi connectivity index (χ0) is 29.8. The number of Topliss-reactive ketones (excluding diaryl/α,β-unsaturated/α-hetero) is 1. The van der Waals surface area contributed by atoms with Crippen molar-refractivity contribution in [3.8, 4) is 5.75 Å². The van der Waals surface area contributed by atoms with Gasteiger partial charge >= 0.3 is 21.9 Å². The van der Waals surface area contributed by atoms with Gasteiger partial charge in [0.05, 0.1) is 24.9 Å². The summed E-state index contributed by atoms with van der Waals surface area (Å²) in [6, 6.07) is 4.60. The van der Waals surface area contributed by atoms with E-state index in [0.29, 0.717) is 12.0 Å². The first-order valence-electron chi connectivity index (χ1n) is 12.6. The highest BCUT2D eigenvalue weighted by atomic mass is 32.2. The molecule has 40 heavy (non-hydrogen) atoms. The fourth-order valence-electron chi connectivity index (χ4n) is 4.50. The molecule has 1 aliphatic rings. The van der Waals surface area contributed by atoms with Gasteiger partial charge < -0.3 is 18.7 Å². The summed E-state index contributed by atoms with van der Waals surface area (Å²) in [6.45, 7) is 1.70. The number of likely N-dealkylation sites (N-methyl/N-ethyl adjacent to an activating group) is 2. The number of rotatable bonds is 9. The molecule has 0 spiro atoms. The van der Waals surface area contributed by atoms with Crippen molar-refractivity contribution in [1.82, 2.24) is 19.4 Å².